The van der Waals surface area contributed by atoms with E-state index in [2.05, 4.69) is 26.5 Å². The lowest BCUT2D eigenvalue weighted by molar-refractivity contribution is 0.0593. The number of esters is 1. The van der Waals surface area contributed by atoms with Crippen molar-refractivity contribution in [1.82, 2.24) is 10.2 Å². The molecule has 1 aromatic rings. The third-order valence-electron chi connectivity index (χ3n) is 1.89. The van der Waals surface area contributed by atoms with Crippen molar-refractivity contribution in [3.8, 4) is 0 Å². The van der Waals surface area contributed by atoms with Gasteiger partial charge in [0.15, 0.2) is 5.69 Å². The Bertz CT molecular complexity index is 329. The minimum absolute atomic E-state index is 0.220. The van der Waals surface area contributed by atoms with Gasteiger partial charge in [0.25, 0.3) is 0 Å². The number of carbonyl (C=O) groups excluding carboxylic acids is 1. The fourth-order valence-corrected chi connectivity index (χ4v) is 1.51. The Labute approximate surface area is 99.0 Å². The summed E-state index contributed by atoms with van der Waals surface area (Å²) in [4.78, 5) is 11.1. The van der Waals surface area contributed by atoms with Crippen molar-refractivity contribution >= 4 is 23.5 Å². The lowest BCUT2D eigenvalue weighted by Crippen LogP contribution is -2.09. The monoisotopic (exact) mass is 241 g/mol. The van der Waals surface area contributed by atoms with E-state index in [1.165, 1.54) is 7.11 Å². The van der Waals surface area contributed by atoms with Crippen LogP contribution >= 0.6 is 11.8 Å². The summed E-state index contributed by atoms with van der Waals surface area (Å²) in [6, 6.07) is 3.31. The number of nitrogens with zero attached hydrogens (tertiary/aromatic N) is 2. The largest absolute Gasteiger partial charge is 0.464 e. The summed E-state index contributed by atoms with van der Waals surface area (Å²) in [6.07, 6.45) is 3.15. The summed E-state index contributed by atoms with van der Waals surface area (Å²) in [7, 11) is 1.32. The average Bonchev–Trinajstić information content (AvgIpc) is 2.34. The van der Waals surface area contributed by atoms with Gasteiger partial charge in [0.2, 0.25) is 0 Å². The highest BCUT2D eigenvalue weighted by atomic mass is 32.2. The number of ether oxygens (including phenoxy) is 1. The second-order valence-corrected chi connectivity index (χ2v) is 4.05. The Morgan fingerprint density at radius 1 is 1.50 bits per heavy atom. The van der Waals surface area contributed by atoms with Gasteiger partial charge in [0, 0.05) is 6.54 Å². The molecule has 88 valence electrons. The molecule has 0 fully saturated rings. The van der Waals surface area contributed by atoms with Gasteiger partial charge < -0.3 is 10.1 Å². The van der Waals surface area contributed by atoms with E-state index in [9.17, 15) is 4.79 Å². The van der Waals surface area contributed by atoms with Gasteiger partial charge >= 0.3 is 5.97 Å². The first-order chi connectivity index (χ1) is 7.77. The van der Waals surface area contributed by atoms with Crippen molar-refractivity contribution in [2.24, 2.45) is 0 Å². The minimum Gasteiger partial charge on any atom is -0.464 e. The Kier molecular flexibility index (Phi) is 5.63. The number of aromatic nitrogens is 2. The molecule has 0 aliphatic heterocycles. The average molecular weight is 241 g/mol. The SMILES string of the molecule is COC(=O)c1ccc(NCCCSC)nn1. The third kappa shape index (κ3) is 4.06. The molecule has 0 unspecified atom stereocenters. The number of methoxy groups -OCH3 is 1. The topological polar surface area (TPSA) is 64.1 Å². The lowest BCUT2D eigenvalue weighted by atomic mass is 10.4. The van der Waals surface area contributed by atoms with Crippen LogP contribution in [-0.2, 0) is 4.74 Å². The predicted molar refractivity (Wildman–Crippen MR) is 64.9 cm³/mol. The quantitative estimate of drug-likeness (QED) is 0.600. The lowest BCUT2D eigenvalue weighted by Gasteiger charge is -2.04. The van der Waals surface area contributed by atoms with Gasteiger partial charge in [-0.15, -0.1) is 10.2 Å². The zero-order valence-electron chi connectivity index (χ0n) is 9.40. The molecule has 16 heavy (non-hydrogen) atoms. The van der Waals surface area contributed by atoms with E-state index in [4.69, 9.17) is 0 Å². The minimum atomic E-state index is -0.471. The molecule has 5 nitrogen and oxygen atoms in total. The van der Waals surface area contributed by atoms with Gasteiger partial charge in [-0.3, -0.25) is 0 Å². The maximum Gasteiger partial charge on any atom is 0.358 e. The molecule has 0 saturated heterocycles. The molecule has 0 atom stereocenters. The van der Waals surface area contributed by atoms with E-state index in [0.717, 1.165) is 18.7 Å². The number of nitrogens with one attached hydrogen (secondary N) is 1. The Morgan fingerprint density at radius 2 is 2.31 bits per heavy atom. The summed E-state index contributed by atoms with van der Waals surface area (Å²) in [6.45, 7) is 0.854. The summed E-state index contributed by atoms with van der Waals surface area (Å²) in [5.41, 5.74) is 0.220. The molecule has 6 heteroatoms. The molecule has 1 rings (SSSR count). The first-order valence-electron chi connectivity index (χ1n) is 4.92. The van der Waals surface area contributed by atoms with Crippen molar-refractivity contribution < 1.29 is 9.53 Å². The molecule has 1 aromatic heterocycles. The number of carbonyl (C=O) groups is 1. The van der Waals surface area contributed by atoms with Crippen molar-refractivity contribution in [2.45, 2.75) is 6.42 Å². The van der Waals surface area contributed by atoms with Crippen LogP contribution in [0.3, 0.4) is 0 Å². The number of hydrogen-bond acceptors (Lipinski definition) is 6. The fraction of sp³-hybridized carbons (Fsp3) is 0.500. The first-order valence-corrected chi connectivity index (χ1v) is 6.32. The third-order valence-corrected chi connectivity index (χ3v) is 2.59. The van der Waals surface area contributed by atoms with Gasteiger partial charge in [0.05, 0.1) is 7.11 Å². The standard InChI is InChI=1S/C10H15N3O2S/c1-15-10(14)8-4-5-9(13-12-8)11-6-3-7-16-2/h4-5H,3,6-7H2,1-2H3,(H,11,13). The van der Waals surface area contributed by atoms with Crippen molar-refractivity contribution in [3.63, 3.8) is 0 Å². The fourth-order valence-electron chi connectivity index (χ4n) is 1.07. The van der Waals surface area contributed by atoms with Gasteiger partial charge in [-0.05, 0) is 30.6 Å². The normalized spacial score (nSPS) is 9.88. The van der Waals surface area contributed by atoms with E-state index in [0.29, 0.717) is 5.82 Å². The van der Waals surface area contributed by atoms with Crippen molar-refractivity contribution in [2.75, 3.05) is 31.0 Å². The van der Waals surface area contributed by atoms with E-state index in [1.54, 1.807) is 12.1 Å². The van der Waals surface area contributed by atoms with Crippen LogP contribution < -0.4 is 5.32 Å². The molecular formula is C10H15N3O2S. The van der Waals surface area contributed by atoms with Gasteiger partial charge in [-0.2, -0.15) is 11.8 Å². The molecule has 0 radical (unpaired) electrons. The van der Waals surface area contributed by atoms with Gasteiger partial charge in [-0.1, -0.05) is 0 Å². The highest BCUT2D eigenvalue weighted by Crippen LogP contribution is 2.03. The zero-order chi connectivity index (χ0) is 11.8. The highest BCUT2D eigenvalue weighted by molar-refractivity contribution is 7.98. The molecule has 1 heterocycles. The van der Waals surface area contributed by atoms with E-state index < -0.39 is 5.97 Å². The maximum atomic E-state index is 11.1. The molecule has 0 aliphatic rings. The smallest absolute Gasteiger partial charge is 0.358 e. The Balaban J connectivity index is 2.42. The highest BCUT2D eigenvalue weighted by Gasteiger charge is 2.06. The number of rotatable bonds is 6. The number of anilines is 1. The zero-order valence-corrected chi connectivity index (χ0v) is 10.2. The summed E-state index contributed by atoms with van der Waals surface area (Å²) in [5, 5.41) is 10.8. The van der Waals surface area contributed by atoms with Crippen LogP contribution in [0.1, 0.15) is 16.9 Å². The second kappa shape index (κ2) is 7.05. The number of thioether (sulfide) groups is 1. The molecule has 0 bridgehead atoms. The summed E-state index contributed by atoms with van der Waals surface area (Å²) < 4.78 is 4.52. The summed E-state index contributed by atoms with van der Waals surface area (Å²) in [5.74, 6) is 1.32. The molecule has 1 N–H and O–H groups in total. The maximum absolute atomic E-state index is 11.1. The molecule has 0 amide bonds. The van der Waals surface area contributed by atoms with Gasteiger partial charge in [0.1, 0.15) is 5.82 Å². The van der Waals surface area contributed by atoms with E-state index in [-0.39, 0.29) is 5.69 Å². The molecular weight excluding hydrogens is 226 g/mol. The summed E-state index contributed by atoms with van der Waals surface area (Å²) >= 11 is 1.81. The van der Waals surface area contributed by atoms with Crippen LogP contribution in [0.2, 0.25) is 0 Å². The molecule has 0 aliphatic carbocycles. The Morgan fingerprint density at radius 3 is 2.88 bits per heavy atom. The second-order valence-electron chi connectivity index (χ2n) is 3.07. The molecule has 0 spiro atoms. The molecule has 0 saturated carbocycles. The Hall–Kier alpha value is -1.30. The van der Waals surface area contributed by atoms with Crippen LogP contribution in [0, 0.1) is 0 Å². The molecule has 0 aromatic carbocycles. The number of hydrogen-bond donors (Lipinski definition) is 1. The van der Waals surface area contributed by atoms with Crippen LogP contribution in [0.25, 0.3) is 0 Å². The van der Waals surface area contributed by atoms with Crippen molar-refractivity contribution in [3.05, 3.63) is 17.8 Å². The van der Waals surface area contributed by atoms with Crippen LogP contribution in [-0.4, -0.2) is 41.8 Å². The van der Waals surface area contributed by atoms with Crippen LogP contribution in [0.15, 0.2) is 12.1 Å². The van der Waals surface area contributed by atoms with E-state index >= 15 is 0 Å². The van der Waals surface area contributed by atoms with Crippen LogP contribution in [0.5, 0.6) is 0 Å². The van der Waals surface area contributed by atoms with Crippen LogP contribution in [0.4, 0.5) is 5.82 Å². The van der Waals surface area contributed by atoms with Gasteiger partial charge in [-0.25, -0.2) is 4.79 Å². The van der Waals surface area contributed by atoms with Crippen molar-refractivity contribution in [1.29, 1.82) is 0 Å². The van der Waals surface area contributed by atoms with E-state index in [1.807, 2.05) is 11.8 Å². The predicted octanol–water partition coefficient (Wildman–Crippen LogP) is 1.43. The first kappa shape index (κ1) is 12.8.